The van der Waals surface area contributed by atoms with E-state index in [9.17, 15) is 0 Å². The summed E-state index contributed by atoms with van der Waals surface area (Å²) in [6.07, 6.45) is 0. The molecule has 0 bridgehead atoms. The van der Waals surface area contributed by atoms with E-state index in [4.69, 9.17) is 33.2 Å². The zero-order valence-electron chi connectivity index (χ0n) is 40.1. The van der Waals surface area contributed by atoms with Crippen LogP contribution in [0, 0.1) is 0 Å². The molecule has 7 heteroatoms. The summed E-state index contributed by atoms with van der Waals surface area (Å²) in [6.45, 7) is 0. The fraction of sp³-hybridized carbons (Fsp3) is 0. The van der Waals surface area contributed by atoms with Gasteiger partial charge in [0, 0.05) is 65.7 Å². The van der Waals surface area contributed by atoms with Crippen LogP contribution in [0.3, 0.4) is 0 Å². The highest BCUT2D eigenvalue weighted by atomic mass is 16.3. The van der Waals surface area contributed by atoms with E-state index in [1.54, 1.807) is 0 Å². The van der Waals surface area contributed by atoms with Gasteiger partial charge >= 0.3 is 0 Å². The molecule has 0 N–H and O–H groups in total. The van der Waals surface area contributed by atoms with Gasteiger partial charge in [-0.3, -0.25) is 0 Å². The number of benzene rings is 10. The molecular weight excluding hydrogens is 921 g/mol. The first-order chi connectivity index (χ1) is 37.1. The second-order valence-corrected chi connectivity index (χ2v) is 18.9. The Kier molecular flexibility index (Phi) is 9.75. The van der Waals surface area contributed by atoms with Crippen LogP contribution < -0.4 is 0 Å². The molecule has 0 saturated heterocycles. The SMILES string of the molecule is c1ccc(-c2cc(-c3ccccc3)nc(-c3ccc4oc5cccc(-c6cc(-c7ccccc7)nc(-c7cc(-c8cccc9oc%10ccccc%10c89)cc(-c8cccc9oc%10ccccc%10c89)c7)n6)c5c4c3)n2)cc1. The predicted molar refractivity (Wildman–Crippen MR) is 303 cm³/mol. The summed E-state index contributed by atoms with van der Waals surface area (Å²) >= 11 is 0. The second-order valence-electron chi connectivity index (χ2n) is 18.9. The minimum Gasteiger partial charge on any atom is -0.456 e. The summed E-state index contributed by atoms with van der Waals surface area (Å²) in [6, 6.07) is 83.2. The highest BCUT2D eigenvalue weighted by Crippen LogP contribution is 2.44. The average molecular weight is 961 g/mol. The van der Waals surface area contributed by atoms with E-state index in [2.05, 4.69) is 127 Å². The lowest BCUT2D eigenvalue weighted by Crippen LogP contribution is -1.97. The quantitative estimate of drug-likeness (QED) is 0.150. The van der Waals surface area contributed by atoms with Crippen molar-refractivity contribution in [2.24, 2.45) is 0 Å². The Morgan fingerprint density at radius 2 is 0.587 bits per heavy atom. The normalized spacial score (nSPS) is 11.7. The molecule has 0 fully saturated rings. The van der Waals surface area contributed by atoms with Crippen molar-refractivity contribution in [3.8, 4) is 90.1 Å². The van der Waals surface area contributed by atoms with Gasteiger partial charge in [0.25, 0.3) is 0 Å². The van der Waals surface area contributed by atoms with Crippen LogP contribution in [-0.2, 0) is 0 Å². The standard InChI is InChI=1S/C68H40N4O3/c1-4-17-41(18-5-1)54-39-55(42-19-6-2-7-20-42)70-67(69-54)44-33-34-60-53(38-44)66-50(27-16-32-63(66)75-60)57-40-56(43-21-8-3-9-22-43)71-68(72-57)47-36-45(48-25-14-30-61-64(48)51-23-10-12-28-58(51)73-61)35-46(37-47)49-26-15-31-62-65(49)52-24-11-13-29-59(52)74-62/h1-40H. The Labute approximate surface area is 429 Å². The van der Waals surface area contributed by atoms with Gasteiger partial charge in [0.05, 0.1) is 22.8 Å². The van der Waals surface area contributed by atoms with Gasteiger partial charge in [-0.05, 0) is 101 Å². The van der Waals surface area contributed by atoms with Crippen molar-refractivity contribution in [1.82, 2.24) is 19.9 Å². The van der Waals surface area contributed by atoms with Gasteiger partial charge in [-0.2, -0.15) is 0 Å². The molecule has 0 amide bonds. The van der Waals surface area contributed by atoms with Gasteiger partial charge in [-0.25, -0.2) is 19.9 Å². The molecule has 350 valence electrons. The first-order valence-electron chi connectivity index (χ1n) is 25.0. The number of nitrogens with zero attached hydrogens (tertiary/aromatic N) is 4. The van der Waals surface area contributed by atoms with Crippen molar-refractivity contribution in [3.63, 3.8) is 0 Å². The minimum atomic E-state index is 0.577. The molecule has 0 saturated carbocycles. The molecule has 10 aromatic carbocycles. The molecule has 7 nitrogen and oxygen atoms in total. The fourth-order valence-corrected chi connectivity index (χ4v) is 10.8. The summed E-state index contributed by atoms with van der Waals surface area (Å²) in [5.74, 6) is 1.20. The highest BCUT2D eigenvalue weighted by Gasteiger charge is 2.22. The Morgan fingerprint density at radius 3 is 1.09 bits per heavy atom. The number of rotatable bonds is 8. The van der Waals surface area contributed by atoms with E-state index in [1.807, 2.05) is 115 Å². The smallest absolute Gasteiger partial charge is 0.160 e. The molecule has 0 aliphatic carbocycles. The van der Waals surface area contributed by atoms with Gasteiger partial charge in [0.2, 0.25) is 0 Å². The summed E-state index contributed by atoms with van der Waals surface area (Å²) in [5, 5.41) is 6.08. The fourth-order valence-electron chi connectivity index (χ4n) is 10.8. The molecular formula is C68H40N4O3. The first-order valence-corrected chi connectivity index (χ1v) is 25.0. The van der Waals surface area contributed by atoms with Gasteiger partial charge in [-0.1, -0.05) is 164 Å². The molecule has 0 aliphatic rings. The average Bonchev–Trinajstić information content (AvgIpc) is 4.20. The third kappa shape index (κ3) is 7.28. The lowest BCUT2D eigenvalue weighted by molar-refractivity contribution is 0.668. The van der Waals surface area contributed by atoms with Crippen molar-refractivity contribution in [2.75, 3.05) is 0 Å². The van der Waals surface area contributed by atoms with Crippen LogP contribution in [0.25, 0.3) is 156 Å². The van der Waals surface area contributed by atoms with E-state index in [0.717, 1.165) is 144 Å². The topological polar surface area (TPSA) is 91.0 Å². The van der Waals surface area contributed by atoms with E-state index < -0.39 is 0 Å². The molecule has 0 spiro atoms. The monoisotopic (exact) mass is 960 g/mol. The maximum Gasteiger partial charge on any atom is 0.160 e. The van der Waals surface area contributed by atoms with Crippen LogP contribution in [0.2, 0.25) is 0 Å². The van der Waals surface area contributed by atoms with Crippen molar-refractivity contribution in [2.45, 2.75) is 0 Å². The summed E-state index contributed by atoms with van der Waals surface area (Å²) in [5.41, 5.74) is 17.8. The molecule has 5 heterocycles. The lowest BCUT2D eigenvalue weighted by Gasteiger charge is -2.14. The van der Waals surface area contributed by atoms with Crippen LogP contribution in [0.1, 0.15) is 0 Å². The summed E-state index contributed by atoms with van der Waals surface area (Å²) < 4.78 is 19.6. The molecule has 5 aromatic heterocycles. The highest BCUT2D eigenvalue weighted by molar-refractivity contribution is 6.16. The van der Waals surface area contributed by atoms with E-state index in [1.165, 1.54) is 0 Å². The van der Waals surface area contributed by atoms with Gasteiger partial charge in [-0.15, -0.1) is 0 Å². The minimum absolute atomic E-state index is 0.577. The maximum absolute atomic E-state index is 6.67. The Morgan fingerprint density at radius 1 is 0.213 bits per heavy atom. The number of hydrogen-bond acceptors (Lipinski definition) is 7. The second kappa shape index (κ2) is 17.2. The third-order valence-electron chi connectivity index (χ3n) is 14.3. The van der Waals surface area contributed by atoms with Crippen molar-refractivity contribution in [1.29, 1.82) is 0 Å². The number of fused-ring (bicyclic) bond motifs is 9. The number of furan rings is 3. The number of aromatic nitrogens is 4. The van der Waals surface area contributed by atoms with E-state index >= 15 is 0 Å². The Balaban J connectivity index is 0.956. The molecule has 75 heavy (non-hydrogen) atoms. The first kappa shape index (κ1) is 42.4. The number of para-hydroxylation sites is 2. The van der Waals surface area contributed by atoms with E-state index in [0.29, 0.717) is 11.6 Å². The van der Waals surface area contributed by atoms with Crippen molar-refractivity contribution < 1.29 is 13.3 Å². The zero-order valence-corrected chi connectivity index (χ0v) is 40.1. The Bertz CT molecular complexity index is 4520. The number of hydrogen-bond donors (Lipinski definition) is 0. The van der Waals surface area contributed by atoms with Crippen LogP contribution in [0.5, 0.6) is 0 Å². The molecule has 0 aliphatic heterocycles. The van der Waals surface area contributed by atoms with Crippen molar-refractivity contribution >= 4 is 65.8 Å². The Hall–Kier alpha value is -10.2. The van der Waals surface area contributed by atoms with E-state index in [-0.39, 0.29) is 0 Å². The largest absolute Gasteiger partial charge is 0.456 e. The predicted octanol–water partition coefficient (Wildman–Crippen LogP) is 18.3. The van der Waals surface area contributed by atoms with Gasteiger partial charge in [0.15, 0.2) is 11.6 Å². The third-order valence-corrected chi connectivity index (χ3v) is 14.3. The molecule has 0 unspecified atom stereocenters. The van der Waals surface area contributed by atoms with Crippen LogP contribution >= 0.6 is 0 Å². The van der Waals surface area contributed by atoms with Gasteiger partial charge < -0.3 is 13.3 Å². The lowest BCUT2D eigenvalue weighted by atomic mass is 9.91. The maximum atomic E-state index is 6.67. The van der Waals surface area contributed by atoms with Crippen LogP contribution in [-0.4, -0.2) is 19.9 Å². The van der Waals surface area contributed by atoms with Crippen LogP contribution in [0.15, 0.2) is 256 Å². The molecule has 15 rings (SSSR count). The molecule has 0 atom stereocenters. The van der Waals surface area contributed by atoms with Crippen molar-refractivity contribution in [3.05, 3.63) is 243 Å². The zero-order chi connectivity index (χ0) is 49.4. The summed E-state index contributed by atoms with van der Waals surface area (Å²) in [4.78, 5) is 21.4. The van der Waals surface area contributed by atoms with Gasteiger partial charge in [0.1, 0.15) is 33.5 Å². The summed E-state index contributed by atoms with van der Waals surface area (Å²) in [7, 11) is 0. The van der Waals surface area contributed by atoms with Crippen LogP contribution in [0.4, 0.5) is 0 Å². The molecule has 15 aromatic rings. The molecule has 0 radical (unpaired) electrons.